The van der Waals surface area contributed by atoms with E-state index in [1.807, 2.05) is 0 Å². The van der Waals surface area contributed by atoms with Crippen molar-refractivity contribution in [2.45, 2.75) is 4.90 Å². The van der Waals surface area contributed by atoms with Crippen molar-refractivity contribution in [3.8, 4) is 0 Å². The Kier molecular flexibility index (Phi) is 3.69. The molecular formula is C9H10ClNO2S. The normalized spacial score (nSPS) is 12.1. The zero-order valence-corrected chi connectivity index (χ0v) is 8.92. The maximum absolute atomic E-state index is 11.1. The molecule has 0 aliphatic rings. The first-order chi connectivity index (χ1) is 6.55. The van der Waals surface area contributed by atoms with Gasteiger partial charge in [0.2, 0.25) is 10.0 Å². The van der Waals surface area contributed by atoms with Gasteiger partial charge >= 0.3 is 0 Å². The van der Waals surface area contributed by atoms with Gasteiger partial charge in [-0.15, -0.1) is 11.6 Å². The summed E-state index contributed by atoms with van der Waals surface area (Å²) < 4.78 is 22.3. The maximum Gasteiger partial charge on any atom is 0.238 e. The fourth-order valence-electron chi connectivity index (χ4n) is 1.05. The molecule has 2 N–H and O–H groups in total. The van der Waals surface area contributed by atoms with Crippen LogP contribution >= 0.6 is 11.6 Å². The van der Waals surface area contributed by atoms with Crippen LogP contribution in [-0.4, -0.2) is 14.3 Å². The van der Waals surface area contributed by atoms with E-state index < -0.39 is 10.0 Å². The van der Waals surface area contributed by atoms with Gasteiger partial charge in [-0.05, 0) is 11.6 Å². The van der Waals surface area contributed by atoms with Crippen molar-refractivity contribution in [3.05, 3.63) is 35.9 Å². The van der Waals surface area contributed by atoms with Gasteiger partial charge in [0, 0.05) is 5.88 Å². The topological polar surface area (TPSA) is 60.2 Å². The molecule has 14 heavy (non-hydrogen) atoms. The smallest absolute Gasteiger partial charge is 0.225 e. The molecule has 76 valence electrons. The summed E-state index contributed by atoms with van der Waals surface area (Å²) in [5, 5.41) is 5.03. The highest BCUT2D eigenvalue weighted by Gasteiger charge is 2.10. The summed E-state index contributed by atoms with van der Waals surface area (Å²) in [5.41, 5.74) is 0.552. The molecule has 0 bridgehead atoms. The van der Waals surface area contributed by atoms with Gasteiger partial charge in [0.25, 0.3) is 0 Å². The Balaban J connectivity index is 3.24. The van der Waals surface area contributed by atoms with Crippen LogP contribution in [0.2, 0.25) is 0 Å². The van der Waals surface area contributed by atoms with Gasteiger partial charge in [-0.1, -0.05) is 30.4 Å². The summed E-state index contributed by atoms with van der Waals surface area (Å²) in [5.74, 6) is 0.332. The van der Waals surface area contributed by atoms with Crippen LogP contribution in [0.15, 0.2) is 35.2 Å². The van der Waals surface area contributed by atoms with Crippen molar-refractivity contribution < 1.29 is 8.42 Å². The molecule has 0 heterocycles. The molecule has 0 aromatic heterocycles. The zero-order chi connectivity index (χ0) is 10.6. The molecule has 0 aliphatic carbocycles. The fraction of sp³-hybridized carbons (Fsp3) is 0.111. The molecule has 1 rings (SSSR count). The first-order valence-corrected chi connectivity index (χ1v) is 5.98. The Hall–Kier alpha value is -0.840. The number of hydrogen-bond acceptors (Lipinski definition) is 2. The second kappa shape index (κ2) is 4.59. The third kappa shape index (κ3) is 2.83. The molecular weight excluding hydrogens is 222 g/mol. The molecule has 0 saturated heterocycles. The number of sulfonamides is 1. The van der Waals surface area contributed by atoms with E-state index in [0.717, 1.165) is 0 Å². The first-order valence-electron chi connectivity index (χ1n) is 3.90. The molecule has 1 aromatic carbocycles. The van der Waals surface area contributed by atoms with Gasteiger partial charge < -0.3 is 0 Å². The van der Waals surface area contributed by atoms with Crippen molar-refractivity contribution in [1.82, 2.24) is 0 Å². The Bertz CT molecular complexity index is 440. The van der Waals surface area contributed by atoms with Gasteiger partial charge in [0.05, 0.1) is 4.90 Å². The molecule has 0 radical (unpaired) electrons. The van der Waals surface area contributed by atoms with E-state index in [0.29, 0.717) is 11.4 Å². The van der Waals surface area contributed by atoms with Crippen LogP contribution < -0.4 is 5.14 Å². The van der Waals surface area contributed by atoms with E-state index in [9.17, 15) is 8.42 Å². The van der Waals surface area contributed by atoms with Crippen LogP contribution in [0.25, 0.3) is 6.08 Å². The summed E-state index contributed by atoms with van der Waals surface area (Å²) in [7, 11) is -3.66. The van der Waals surface area contributed by atoms with Crippen molar-refractivity contribution >= 4 is 27.7 Å². The predicted molar refractivity (Wildman–Crippen MR) is 57.6 cm³/mol. The summed E-state index contributed by atoms with van der Waals surface area (Å²) in [6, 6.07) is 6.49. The monoisotopic (exact) mass is 231 g/mol. The van der Waals surface area contributed by atoms with E-state index in [2.05, 4.69) is 0 Å². The van der Waals surface area contributed by atoms with Gasteiger partial charge in [-0.3, -0.25) is 0 Å². The van der Waals surface area contributed by atoms with Gasteiger partial charge in [0.1, 0.15) is 0 Å². The molecule has 0 fully saturated rings. The molecule has 0 unspecified atom stereocenters. The second-order valence-electron chi connectivity index (χ2n) is 2.64. The van der Waals surface area contributed by atoms with Crippen LogP contribution in [0.3, 0.4) is 0 Å². The maximum atomic E-state index is 11.1. The number of hydrogen-bond donors (Lipinski definition) is 1. The first kappa shape index (κ1) is 11.2. The lowest BCUT2D eigenvalue weighted by Gasteiger charge is -2.01. The Morgan fingerprint density at radius 2 is 2.00 bits per heavy atom. The van der Waals surface area contributed by atoms with Crippen LogP contribution in [0.5, 0.6) is 0 Å². The van der Waals surface area contributed by atoms with E-state index in [4.69, 9.17) is 16.7 Å². The lowest BCUT2D eigenvalue weighted by Crippen LogP contribution is -2.13. The van der Waals surface area contributed by atoms with Gasteiger partial charge in [-0.2, -0.15) is 0 Å². The summed E-state index contributed by atoms with van der Waals surface area (Å²) in [6.45, 7) is 0. The van der Waals surface area contributed by atoms with Crippen LogP contribution in [0, 0.1) is 0 Å². The minimum absolute atomic E-state index is 0.112. The second-order valence-corrected chi connectivity index (χ2v) is 4.48. The van der Waals surface area contributed by atoms with Gasteiger partial charge in [-0.25, -0.2) is 13.6 Å². The van der Waals surface area contributed by atoms with Crippen molar-refractivity contribution in [3.63, 3.8) is 0 Å². The minimum atomic E-state index is -3.66. The highest BCUT2D eigenvalue weighted by atomic mass is 35.5. The predicted octanol–water partition coefficient (Wildman–Crippen LogP) is 1.59. The molecule has 5 heteroatoms. The summed E-state index contributed by atoms with van der Waals surface area (Å²) in [6.07, 6.45) is 3.29. The standard InChI is InChI=1S/C9H10ClNO2S/c10-7-3-5-8-4-1-2-6-9(8)14(11,12)13/h1-6H,7H2,(H2,11,12,13). The number of alkyl halides is 1. The van der Waals surface area contributed by atoms with Crippen molar-refractivity contribution in [2.24, 2.45) is 5.14 Å². The minimum Gasteiger partial charge on any atom is -0.225 e. The number of benzene rings is 1. The molecule has 0 amide bonds. The van der Waals surface area contributed by atoms with Gasteiger partial charge in [0.15, 0.2) is 0 Å². The largest absolute Gasteiger partial charge is 0.238 e. The molecule has 0 spiro atoms. The molecule has 0 atom stereocenters. The van der Waals surface area contributed by atoms with E-state index >= 15 is 0 Å². The third-order valence-electron chi connectivity index (χ3n) is 1.61. The highest BCUT2D eigenvalue weighted by Crippen LogP contribution is 2.14. The fourth-order valence-corrected chi connectivity index (χ4v) is 1.87. The van der Waals surface area contributed by atoms with E-state index in [-0.39, 0.29) is 4.90 Å². The lowest BCUT2D eigenvalue weighted by molar-refractivity contribution is 0.597. The van der Waals surface area contributed by atoms with Crippen LogP contribution in [0.4, 0.5) is 0 Å². The zero-order valence-electron chi connectivity index (χ0n) is 7.35. The summed E-state index contributed by atoms with van der Waals surface area (Å²) >= 11 is 5.45. The average molecular weight is 232 g/mol. The molecule has 1 aromatic rings. The highest BCUT2D eigenvalue weighted by molar-refractivity contribution is 7.89. The third-order valence-corrected chi connectivity index (χ3v) is 2.78. The van der Waals surface area contributed by atoms with Crippen molar-refractivity contribution in [1.29, 1.82) is 0 Å². The summed E-state index contributed by atoms with van der Waals surface area (Å²) in [4.78, 5) is 0.112. The Morgan fingerprint density at radius 3 is 2.57 bits per heavy atom. The Labute approximate surface area is 88.2 Å². The van der Waals surface area contributed by atoms with E-state index in [1.165, 1.54) is 6.07 Å². The number of rotatable bonds is 3. The SMILES string of the molecule is NS(=O)(=O)c1ccccc1C=CCCl. The van der Waals surface area contributed by atoms with Crippen LogP contribution in [-0.2, 0) is 10.0 Å². The number of halogens is 1. The molecule has 3 nitrogen and oxygen atoms in total. The molecule has 0 saturated carbocycles. The van der Waals surface area contributed by atoms with E-state index in [1.54, 1.807) is 30.4 Å². The average Bonchev–Trinajstić information content (AvgIpc) is 2.14. The number of nitrogens with two attached hydrogens (primary N) is 1. The number of allylic oxidation sites excluding steroid dienone is 1. The Morgan fingerprint density at radius 1 is 1.36 bits per heavy atom. The molecule has 0 aliphatic heterocycles. The number of primary sulfonamides is 1. The quantitative estimate of drug-likeness (QED) is 0.803. The van der Waals surface area contributed by atoms with Crippen LogP contribution in [0.1, 0.15) is 5.56 Å². The lowest BCUT2D eigenvalue weighted by atomic mass is 10.2. The van der Waals surface area contributed by atoms with Crippen molar-refractivity contribution in [2.75, 3.05) is 5.88 Å².